The molecule has 16 aromatic carbocycles. The lowest BCUT2D eigenvalue weighted by molar-refractivity contribution is 1.18. The Morgan fingerprint density at radius 1 is 0.116 bits per heavy atom. The molecule has 0 spiro atoms. The molecule has 12 heteroatoms. The minimum Gasteiger partial charge on any atom is -0.261 e. The number of rotatable bonds is 21. The highest BCUT2D eigenvalue weighted by atomic mass is 14.9. The molecule has 0 aliphatic rings. The summed E-state index contributed by atoms with van der Waals surface area (Å²) in [5, 5.41) is 0. The molecule has 8 heterocycles. The molecule has 696 valence electrons. The number of benzene rings is 16. The average molecular weight is 1890 g/mol. The van der Waals surface area contributed by atoms with Crippen molar-refractivity contribution < 1.29 is 0 Å². The zero-order valence-electron chi connectivity index (χ0n) is 81.1. The highest BCUT2D eigenvalue weighted by molar-refractivity contribution is 5.88. The smallest absolute Gasteiger partial charge is 0.160 e. The summed E-state index contributed by atoms with van der Waals surface area (Å²) in [4.78, 5) is 57.7. The number of hydrogen-bond donors (Lipinski definition) is 0. The summed E-state index contributed by atoms with van der Waals surface area (Å²) >= 11 is 0. The molecule has 0 bridgehead atoms. The lowest BCUT2D eigenvalue weighted by atomic mass is 9.93. The van der Waals surface area contributed by atoms with Crippen LogP contribution < -0.4 is 0 Å². The van der Waals surface area contributed by atoms with Gasteiger partial charge in [-0.25, -0.2) is 29.9 Å². The molecular weight excluding hydrogens is 1790 g/mol. The highest BCUT2D eigenvalue weighted by Gasteiger charge is 2.21. The molecule has 0 amide bonds. The number of nitrogens with zero attached hydrogens (tertiary/aromatic N) is 12. The molecule has 0 unspecified atom stereocenters. The normalized spacial score (nSPS) is 11.0. The predicted molar refractivity (Wildman–Crippen MR) is 601 cm³/mol. The van der Waals surface area contributed by atoms with Crippen LogP contribution >= 0.6 is 0 Å². The molecule has 0 radical (unpaired) electrons. The van der Waals surface area contributed by atoms with Crippen molar-refractivity contribution >= 4 is 0 Å². The molecule has 0 fully saturated rings. The standard InChI is InChI=1S/C46H33N3.C45H32N4.C44H31N5/c1-32-17-18-40(31-47-32)35-21-25-37(26-22-35)42-27-41(36-23-19-34(20-24-36)33-11-5-2-6-12-33)28-43(29-42)46-48-44(38-13-7-3-8-14-38)30-45(49-46)39-15-9-4-10-16-39;1-31-15-16-38(30-47-31)32-17-19-33(20-18-32)39-26-40(34-21-23-37(24-22-34)42-14-8-9-25-46-42)28-41(27-39)45-48-43(35-10-4-2-5-11-35)29-44(49-45)36-12-6-3-7-13-36;1-30-12-13-37(28-47-30)31-14-16-32(17-15-31)38-24-39(33-18-20-36(21-19-33)43-29-45-22-23-46-43)26-40(25-38)44-48-41(34-8-4-2-5-9-34)27-42(49-44)35-10-6-3-7-11-35/h2-31H,1H3;2-30H,1H3;2-29H,1H3. The van der Waals surface area contributed by atoms with Crippen LogP contribution in [0.5, 0.6) is 0 Å². The molecule has 12 nitrogen and oxygen atoms in total. The minimum absolute atomic E-state index is 0.668. The van der Waals surface area contributed by atoms with Crippen LogP contribution in [-0.4, -0.2) is 59.8 Å². The summed E-state index contributed by atoms with van der Waals surface area (Å²) in [5.74, 6) is 2.03. The van der Waals surface area contributed by atoms with E-state index in [1.54, 1.807) is 18.6 Å². The first-order chi connectivity index (χ1) is 72.5. The van der Waals surface area contributed by atoms with Crippen LogP contribution in [0.2, 0.25) is 0 Å². The SMILES string of the molecule is Cc1ccc(-c2ccc(-c3cc(-c4ccc(-c5ccccc5)cc4)cc(-c4nc(-c5ccccc5)cc(-c5ccccc5)n4)c3)cc2)cn1.Cc1ccc(-c2ccc(-c3cc(-c4ccc(-c5ccccn5)cc4)cc(-c4nc(-c5ccccc5)cc(-c5ccccc5)n4)c3)cc2)cn1.Cc1ccc(-c2ccc(-c3cc(-c4ccc(-c5cnccn5)cc4)cc(-c4nc(-c5ccccc5)cc(-c5ccccc5)n4)c3)cc2)cn1. The van der Waals surface area contributed by atoms with Gasteiger partial charge in [0.2, 0.25) is 0 Å². The summed E-state index contributed by atoms with van der Waals surface area (Å²) < 4.78 is 0. The first-order valence-corrected chi connectivity index (χ1v) is 49.1. The molecule has 8 aromatic heterocycles. The Morgan fingerprint density at radius 2 is 0.306 bits per heavy atom. The first-order valence-electron chi connectivity index (χ1n) is 49.1. The quantitative estimate of drug-likeness (QED) is 0.0672. The van der Waals surface area contributed by atoms with E-state index in [0.29, 0.717) is 17.5 Å². The molecular formula is C135H96N12. The molecule has 147 heavy (non-hydrogen) atoms. The van der Waals surface area contributed by atoms with Crippen molar-refractivity contribution in [3.63, 3.8) is 0 Å². The van der Waals surface area contributed by atoms with Crippen molar-refractivity contribution in [1.29, 1.82) is 0 Å². The fraction of sp³-hybridized carbons (Fsp3) is 0.0222. The molecule has 0 saturated carbocycles. The van der Waals surface area contributed by atoms with Gasteiger partial charge in [-0.3, -0.25) is 29.9 Å². The topological polar surface area (TPSA) is 155 Å². The van der Waals surface area contributed by atoms with Gasteiger partial charge in [0.1, 0.15) is 0 Å². The van der Waals surface area contributed by atoms with Gasteiger partial charge in [-0.05, 0) is 218 Å². The van der Waals surface area contributed by atoms with E-state index in [-0.39, 0.29) is 0 Å². The van der Waals surface area contributed by atoms with Crippen LogP contribution in [0, 0.1) is 20.8 Å². The number of aryl methyl sites for hydroxylation is 3. The van der Waals surface area contributed by atoms with Crippen LogP contribution in [-0.2, 0) is 0 Å². The zero-order chi connectivity index (χ0) is 99.0. The van der Waals surface area contributed by atoms with E-state index in [2.05, 4.69) is 370 Å². The maximum absolute atomic E-state index is 5.17. The molecule has 0 saturated heterocycles. The van der Waals surface area contributed by atoms with Crippen molar-refractivity contribution in [2.24, 2.45) is 0 Å². The molecule has 0 aliphatic carbocycles. The largest absolute Gasteiger partial charge is 0.261 e. The van der Waals surface area contributed by atoms with Crippen LogP contribution in [0.1, 0.15) is 17.1 Å². The Hall–Kier alpha value is -19.6. The van der Waals surface area contributed by atoms with E-state index in [0.717, 1.165) is 224 Å². The van der Waals surface area contributed by atoms with Gasteiger partial charge in [0, 0.05) is 132 Å². The summed E-state index contributed by atoms with van der Waals surface area (Å²) in [6.45, 7) is 6.02. The fourth-order valence-electron chi connectivity index (χ4n) is 18.2. The first kappa shape index (κ1) is 92.5. The second kappa shape index (κ2) is 43.3. The van der Waals surface area contributed by atoms with E-state index in [1.165, 1.54) is 11.1 Å². The van der Waals surface area contributed by atoms with Crippen molar-refractivity contribution in [3.8, 4) is 235 Å². The summed E-state index contributed by atoms with van der Waals surface area (Å²) in [7, 11) is 0. The third-order valence-electron chi connectivity index (χ3n) is 26.1. The molecule has 0 aliphatic heterocycles. The van der Waals surface area contributed by atoms with Crippen molar-refractivity contribution in [2.75, 3.05) is 0 Å². The zero-order valence-corrected chi connectivity index (χ0v) is 81.1. The van der Waals surface area contributed by atoms with Crippen molar-refractivity contribution in [1.82, 2.24) is 59.8 Å². The third-order valence-corrected chi connectivity index (χ3v) is 26.1. The number of pyridine rings is 4. The Kier molecular flexibility index (Phi) is 27.2. The second-order valence-corrected chi connectivity index (χ2v) is 36.2. The molecule has 0 N–H and O–H groups in total. The van der Waals surface area contributed by atoms with Gasteiger partial charge in [-0.2, -0.15) is 0 Å². The van der Waals surface area contributed by atoms with Gasteiger partial charge >= 0.3 is 0 Å². The van der Waals surface area contributed by atoms with Gasteiger partial charge < -0.3 is 0 Å². The molecule has 24 aromatic rings. The summed E-state index contributed by atoms with van der Waals surface area (Å²) in [6, 6.07) is 169. The van der Waals surface area contributed by atoms with Gasteiger partial charge in [0.15, 0.2) is 17.5 Å². The van der Waals surface area contributed by atoms with E-state index in [1.807, 2.05) is 191 Å². The Bertz CT molecular complexity index is 7650. The van der Waals surface area contributed by atoms with Crippen molar-refractivity contribution in [2.45, 2.75) is 20.8 Å². The van der Waals surface area contributed by atoms with Crippen LogP contribution in [0.3, 0.4) is 0 Å². The summed E-state index contributed by atoms with van der Waals surface area (Å²) in [6.07, 6.45) is 12.8. The van der Waals surface area contributed by atoms with Crippen molar-refractivity contribution in [3.05, 3.63) is 546 Å². The Labute approximate surface area is 855 Å². The molecule has 24 rings (SSSR count). The predicted octanol–water partition coefficient (Wildman–Crippen LogP) is 33.7. The van der Waals surface area contributed by atoms with Gasteiger partial charge in [-0.1, -0.05) is 382 Å². The lowest BCUT2D eigenvalue weighted by Crippen LogP contribution is -1.97. The van der Waals surface area contributed by atoms with Crippen LogP contribution in [0.25, 0.3) is 235 Å². The maximum atomic E-state index is 5.17. The third kappa shape index (κ3) is 22.0. The average Bonchev–Trinajstić information content (AvgIpc) is 0.784. The number of hydrogen-bond acceptors (Lipinski definition) is 12. The van der Waals surface area contributed by atoms with Gasteiger partial charge in [0.25, 0.3) is 0 Å². The Balaban J connectivity index is 0.000000125. The minimum atomic E-state index is 0.668. The fourth-order valence-corrected chi connectivity index (χ4v) is 18.2. The maximum Gasteiger partial charge on any atom is 0.160 e. The van der Waals surface area contributed by atoms with E-state index in [9.17, 15) is 0 Å². The highest BCUT2D eigenvalue weighted by Crippen LogP contribution is 2.42. The van der Waals surface area contributed by atoms with Gasteiger partial charge in [0.05, 0.1) is 51.7 Å². The van der Waals surface area contributed by atoms with E-state index >= 15 is 0 Å². The lowest BCUT2D eigenvalue weighted by Gasteiger charge is -2.14. The Morgan fingerprint density at radius 3 is 0.531 bits per heavy atom. The van der Waals surface area contributed by atoms with Gasteiger partial charge in [-0.15, -0.1) is 0 Å². The summed E-state index contributed by atoms with van der Waals surface area (Å²) in [5.41, 5.74) is 43.6. The van der Waals surface area contributed by atoms with Crippen LogP contribution in [0.15, 0.2) is 529 Å². The van der Waals surface area contributed by atoms with E-state index < -0.39 is 0 Å². The monoisotopic (exact) mass is 1880 g/mol. The van der Waals surface area contributed by atoms with E-state index in [4.69, 9.17) is 29.9 Å². The molecule has 0 atom stereocenters. The van der Waals surface area contributed by atoms with Crippen LogP contribution in [0.4, 0.5) is 0 Å². The second-order valence-electron chi connectivity index (χ2n) is 36.2. The number of aromatic nitrogens is 12.